The van der Waals surface area contributed by atoms with Crippen LogP contribution in [0.5, 0.6) is 0 Å². The first-order valence-electron chi connectivity index (χ1n) is 5.61. The molecule has 1 aromatic carbocycles. The van der Waals surface area contributed by atoms with Crippen LogP contribution < -0.4 is 0 Å². The lowest BCUT2D eigenvalue weighted by molar-refractivity contribution is 0.982. The van der Waals surface area contributed by atoms with E-state index in [2.05, 4.69) is 16.0 Å². The molecule has 2 aromatic heterocycles. The van der Waals surface area contributed by atoms with Gasteiger partial charge in [0, 0.05) is 6.20 Å². The molecule has 0 amide bonds. The summed E-state index contributed by atoms with van der Waals surface area (Å²) in [6, 6.07) is 13.7. The molecule has 0 bridgehead atoms. The molecule has 18 heavy (non-hydrogen) atoms. The summed E-state index contributed by atoms with van der Waals surface area (Å²) in [6.45, 7) is 1.92. The second-order valence-electron chi connectivity index (χ2n) is 3.97. The van der Waals surface area contributed by atoms with Crippen molar-refractivity contribution < 1.29 is 0 Å². The molecule has 0 aliphatic carbocycles. The Morgan fingerprint density at radius 1 is 1.17 bits per heavy atom. The normalized spacial score (nSPS) is 10.4. The van der Waals surface area contributed by atoms with Gasteiger partial charge in [0.25, 0.3) is 0 Å². The average Bonchev–Trinajstić information content (AvgIpc) is 2.74. The van der Waals surface area contributed by atoms with Crippen LogP contribution in [0, 0.1) is 18.3 Å². The van der Waals surface area contributed by atoms with E-state index in [0.717, 1.165) is 22.5 Å². The zero-order valence-electron chi connectivity index (χ0n) is 9.83. The summed E-state index contributed by atoms with van der Waals surface area (Å²) in [5.41, 5.74) is 3.08. The van der Waals surface area contributed by atoms with Gasteiger partial charge in [0.05, 0.1) is 16.7 Å². The van der Waals surface area contributed by atoms with Gasteiger partial charge >= 0.3 is 0 Å². The Kier molecular flexibility index (Phi) is 2.31. The second kappa shape index (κ2) is 3.97. The Hall–Kier alpha value is -2.67. The van der Waals surface area contributed by atoms with E-state index in [9.17, 15) is 0 Å². The molecule has 0 unspecified atom stereocenters. The minimum Gasteiger partial charge on any atom is -0.294 e. The van der Waals surface area contributed by atoms with Crippen molar-refractivity contribution in [2.24, 2.45) is 0 Å². The van der Waals surface area contributed by atoms with Crippen LogP contribution in [0.2, 0.25) is 0 Å². The van der Waals surface area contributed by atoms with E-state index in [1.807, 2.05) is 47.9 Å². The van der Waals surface area contributed by atoms with Crippen LogP contribution >= 0.6 is 0 Å². The van der Waals surface area contributed by atoms with Gasteiger partial charge in [0.1, 0.15) is 11.9 Å². The van der Waals surface area contributed by atoms with E-state index >= 15 is 0 Å². The average molecular weight is 234 g/mol. The van der Waals surface area contributed by atoms with Gasteiger partial charge in [-0.1, -0.05) is 12.1 Å². The van der Waals surface area contributed by atoms with Crippen molar-refractivity contribution in [1.82, 2.24) is 14.5 Å². The zero-order valence-corrected chi connectivity index (χ0v) is 9.83. The molecule has 0 aliphatic rings. The molecule has 0 N–H and O–H groups in total. The molecule has 3 aromatic rings. The van der Waals surface area contributed by atoms with Crippen LogP contribution in [0.4, 0.5) is 0 Å². The molecule has 0 radical (unpaired) electrons. The van der Waals surface area contributed by atoms with Crippen LogP contribution in [0.3, 0.4) is 0 Å². The molecule has 86 valence electrons. The number of rotatable bonds is 1. The molecular weight excluding hydrogens is 224 g/mol. The van der Waals surface area contributed by atoms with Gasteiger partial charge in [0.15, 0.2) is 5.69 Å². The largest absolute Gasteiger partial charge is 0.294 e. The van der Waals surface area contributed by atoms with Gasteiger partial charge in [-0.15, -0.1) is 0 Å². The predicted octanol–water partition coefficient (Wildman–Crippen LogP) is 2.60. The fraction of sp³-hybridized carbons (Fsp3) is 0.0714. The Morgan fingerprint density at radius 3 is 2.83 bits per heavy atom. The van der Waals surface area contributed by atoms with E-state index in [1.54, 1.807) is 6.20 Å². The van der Waals surface area contributed by atoms with Crippen molar-refractivity contribution in [3.63, 3.8) is 0 Å². The first-order chi connectivity index (χ1) is 8.81. The SMILES string of the molecule is Cc1nc2ccccc2n1-c1cccnc1C#N. The number of hydrogen-bond acceptors (Lipinski definition) is 3. The predicted molar refractivity (Wildman–Crippen MR) is 68.3 cm³/mol. The Balaban J connectivity index is 2.39. The number of aryl methyl sites for hydroxylation is 1. The first kappa shape index (κ1) is 10.5. The smallest absolute Gasteiger partial charge is 0.164 e. The second-order valence-corrected chi connectivity index (χ2v) is 3.97. The van der Waals surface area contributed by atoms with Crippen LogP contribution in [0.1, 0.15) is 11.5 Å². The lowest BCUT2D eigenvalue weighted by Gasteiger charge is -2.07. The van der Waals surface area contributed by atoms with Crippen LogP contribution in [0.15, 0.2) is 42.6 Å². The minimum absolute atomic E-state index is 0.406. The van der Waals surface area contributed by atoms with Gasteiger partial charge < -0.3 is 0 Å². The van der Waals surface area contributed by atoms with Crippen molar-refractivity contribution in [2.45, 2.75) is 6.92 Å². The summed E-state index contributed by atoms with van der Waals surface area (Å²) in [5.74, 6) is 0.848. The van der Waals surface area contributed by atoms with Crippen LogP contribution in [0.25, 0.3) is 16.7 Å². The van der Waals surface area contributed by atoms with E-state index in [4.69, 9.17) is 5.26 Å². The highest BCUT2D eigenvalue weighted by molar-refractivity contribution is 5.78. The number of pyridine rings is 1. The van der Waals surface area contributed by atoms with Crippen LogP contribution in [-0.2, 0) is 0 Å². The standard InChI is InChI=1S/C14H10N4/c1-10-17-11-5-2-3-6-13(11)18(10)14-7-4-8-16-12(14)9-15/h2-8H,1H3. The summed E-state index contributed by atoms with van der Waals surface area (Å²) in [6.07, 6.45) is 1.62. The Morgan fingerprint density at radius 2 is 2.00 bits per heavy atom. The molecule has 0 atom stereocenters. The fourth-order valence-corrected chi connectivity index (χ4v) is 2.11. The van der Waals surface area contributed by atoms with E-state index in [0.29, 0.717) is 5.69 Å². The van der Waals surface area contributed by atoms with Crippen molar-refractivity contribution in [3.8, 4) is 11.8 Å². The molecule has 4 nitrogen and oxygen atoms in total. The van der Waals surface area contributed by atoms with Crippen molar-refractivity contribution >= 4 is 11.0 Å². The molecule has 0 saturated carbocycles. The molecule has 4 heteroatoms. The highest BCUT2D eigenvalue weighted by atomic mass is 15.1. The number of aromatic nitrogens is 3. The van der Waals surface area contributed by atoms with Gasteiger partial charge in [-0.05, 0) is 31.2 Å². The molecule has 2 heterocycles. The Labute approximate surface area is 104 Å². The molecule has 0 fully saturated rings. The third kappa shape index (κ3) is 1.45. The topological polar surface area (TPSA) is 54.5 Å². The van der Waals surface area contributed by atoms with Gasteiger partial charge in [0.2, 0.25) is 0 Å². The number of hydrogen-bond donors (Lipinski definition) is 0. The Bertz CT molecular complexity index is 765. The summed E-state index contributed by atoms with van der Waals surface area (Å²) in [5, 5.41) is 9.13. The number of fused-ring (bicyclic) bond motifs is 1. The minimum atomic E-state index is 0.406. The molecule has 0 aliphatic heterocycles. The number of benzene rings is 1. The van der Waals surface area contributed by atoms with Crippen molar-refractivity contribution in [2.75, 3.05) is 0 Å². The van der Waals surface area contributed by atoms with E-state index in [-0.39, 0.29) is 0 Å². The highest BCUT2D eigenvalue weighted by Gasteiger charge is 2.12. The van der Waals surface area contributed by atoms with Crippen molar-refractivity contribution in [1.29, 1.82) is 5.26 Å². The lowest BCUT2D eigenvalue weighted by atomic mass is 10.2. The van der Waals surface area contributed by atoms with E-state index < -0.39 is 0 Å². The van der Waals surface area contributed by atoms with E-state index in [1.165, 1.54) is 0 Å². The maximum atomic E-state index is 9.13. The number of para-hydroxylation sites is 2. The van der Waals surface area contributed by atoms with Gasteiger partial charge in [-0.3, -0.25) is 4.57 Å². The third-order valence-corrected chi connectivity index (χ3v) is 2.86. The molecule has 0 saturated heterocycles. The highest BCUT2D eigenvalue weighted by Crippen LogP contribution is 2.22. The summed E-state index contributed by atoms with van der Waals surface area (Å²) in [7, 11) is 0. The molecular formula is C14H10N4. The molecule has 3 rings (SSSR count). The lowest BCUT2D eigenvalue weighted by Crippen LogP contribution is -2.01. The van der Waals surface area contributed by atoms with Crippen LogP contribution in [-0.4, -0.2) is 14.5 Å². The maximum absolute atomic E-state index is 9.13. The fourth-order valence-electron chi connectivity index (χ4n) is 2.11. The molecule has 0 spiro atoms. The van der Waals surface area contributed by atoms with Crippen molar-refractivity contribution in [3.05, 3.63) is 54.1 Å². The number of imidazole rings is 1. The number of nitriles is 1. The first-order valence-corrected chi connectivity index (χ1v) is 5.61. The summed E-state index contributed by atoms with van der Waals surface area (Å²) < 4.78 is 1.96. The maximum Gasteiger partial charge on any atom is 0.164 e. The summed E-state index contributed by atoms with van der Waals surface area (Å²) in [4.78, 5) is 8.58. The summed E-state index contributed by atoms with van der Waals surface area (Å²) >= 11 is 0. The zero-order chi connectivity index (χ0) is 12.5. The van der Waals surface area contributed by atoms with Gasteiger partial charge in [-0.2, -0.15) is 5.26 Å². The van der Waals surface area contributed by atoms with Gasteiger partial charge in [-0.25, -0.2) is 9.97 Å². The monoisotopic (exact) mass is 234 g/mol. The third-order valence-electron chi connectivity index (χ3n) is 2.86. The quantitative estimate of drug-likeness (QED) is 0.650. The number of nitrogens with zero attached hydrogens (tertiary/aromatic N) is 4.